The molecule has 0 atom stereocenters. The van der Waals surface area contributed by atoms with Gasteiger partial charge in [0.05, 0.1) is 4.88 Å². The van der Waals surface area contributed by atoms with Crippen LogP contribution in [0.25, 0.3) is 10.6 Å². The van der Waals surface area contributed by atoms with E-state index < -0.39 is 0 Å². The smallest absolute Gasteiger partial charge is 0.267 e. The Kier molecular flexibility index (Phi) is 2.59. The topological polar surface area (TPSA) is 69.5 Å². The Hall–Kier alpha value is -1.93. The number of nitriles is 1. The summed E-state index contributed by atoms with van der Waals surface area (Å²) < 4.78 is 0. The minimum absolute atomic E-state index is 0.168. The number of hydrogen-bond donors (Lipinski definition) is 1. The maximum atomic E-state index is 11.3. The van der Waals surface area contributed by atoms with Crippen molar-refractivity contribution in [1.82, 2.24) is 10.2 Å². The molecule has 16 heavy (non-hydrogen) atoms. The number of aromatic amines is 1. The molecule has 80 valence electrons. The second-order valence-corrected chi connectivity index (χ2v) is 4.51. The molecule has 0 bridgehead atoms. The molecule has 2 aromatic rings. The van der Waals surface area contributed by atoms with Crippen LogP contribution < -0.4 is 5.56 Å². The first-order valence-electron chi connectivity index (χ1n) is 4.69. The molecule has 0 amide bonds. The first kappa shape index (κ1) is 10.6. The fourth-order valence-electron chi connectivity index (χ4n) is 1.39. The van der Waals surface area contributed by atoms with Gasteiger partial charge >= 0.3 is 0 Å². The molecule has 2 heterocycles. The van der Waals surface area contributed by atoms with Crippen LogP contribution in [0.3, 0.4) is 0 Å². The number of H-pyrrole nitrogens is 1. The largest absolute Gasteiger partial charge is 0.268 e. The predicted molar refractivity (Wildman–Crippen MR) is 62.4 cm³/mol. The molecule has 2 rings (SSSR count). The zero-order chi connectivity index (χ0) is 11.7. The lowest BCUT2D eigenvalue weighted by atomic mass is 10.1. The zero-order valence-corrected chi connectivity index (χ0v) is 9.68. The van der Waals surface area contributed by atoms with E-state index in [4.69, 9.17) is 5.26 Å². The van der Waals surface area contributed by atoms with Gasteiger partial charge in [-0.05, 0) is 31.5 Å². The van der Waals surface area contributed by atoms with E-state index in [0.717, 1.165) is 16.1 Å². The van der Waals surface area contributed by atoms with Crippen LogP contribution in [0.5, 0.6) is 0 Å². The molecular formula is C11H9N3OS. The Bertz CT molecular complexity index is 633. The highest BCUT2D eigenvalue weighted by Crippen LogP contribution is 2.28. The van der Waals surface area contributed by atoms with Crippen LogP contribution in [-0.2, 0) is 0 Å². The number of nitrogens with one attached hydrogen (secondary N) is 1. The summed E-state index contributed by atoms with van der Waals surface area (Å²) in [6, 6.07) is 5.68. The number of rotatable bonds is 1. The second-order valence-electron chi connectivity index (χ2n) is 3.43. The Morgan fingerprint density at radius 2 is 2.12 bits per heavy atom. The summed E-state index contributed by atoms with van der Waals surface area (Å²) in [5.74, 6) is 0. The van der Waals surface area contributed by atoms with Gasteiger partial charge in [-0.15, -0.1) is 11.3 Å². The molecule has 0 unspecified atom stereocenters. The third-order valence-electron chi connectivity index (χ3n) is 2.48. The van der Waals surface area contributed by atoms with Crippen LogP contribution in [0.2, 0.25) is 0 Å². The van der Waals surface area contributed by atoms with Gasteiger partial charge in [0, 0.05) is 5.56 Å². The maximum Gasteiger partial charge on any atom is 0.267 e. The third kappa shape index (κ3) is 1.64. The molecule has 0 aromatic carbocycles. The molecule has 0 spiro atoms. The van der Waals surface area contributed by atoms with E-state index in [1.54, 1.807) is 13.0 Å². The first-order valence-corrected chi connectivity index (χ1v) is 5.51. The highest BCUT2D eigenvalue weighted by Gasteiger charge is 2.10. The molecule has 0 radical (unpaired) electrons. The zero-order valence-electron chi connectivity index (χ0n) is 8.87. The molecule has 5 heteroatoms. The van der Waals surface area contributed by atoms with Gasteiger partial charge < -0.3 is 0 Å². The molecule has 0 saturated heterocycles. The SMILES string of the molecule is Cc1c(-c2ccc(C#N)s2)n[nH]c(=O)c1C. The maximum absolute atomic E-state index is 11.3. The molecule has 1 N–H and O–H groups in total. The number of thiophene rings is 1. The summed E-state index contributed by atoms with van der Waals surface area (Å²) in [4.78, 5) is 12.9. The van der Waals surface area contributed by atoms with E-state index in [9.17, 15) is 4.79 Å². The average Bonchev–Trinajstić information content (AvgIpc) is 2.74. The van der Waals surface area contributed by atoms with Crippen molar-refractivity contribution < 1.29 is 0 Å². The van der Waals surface area contributed by atoms with Crippen LogP contribution in [0.1, 0.15) is 16.0 Å². The van der Waals surface area contributed by atoms with Crippen LogP contribution in [0, 0.1) is 25.2 Å². The van der Waals surface area contributed by atoms with Crippen LogP contribution >= 0.6 is 11.3 Å². The van der Waals surface area contributed by atoms with Gasteiger partial charge in [0.1, 0.15) is 16.6 Å². The molecule has 0 saturated carbocycles. The highest BCUT2D eigenvalue weighted by atomic mass is 32.1. The second kappa shape index (κ2) is 3.91. The van der Waals surface area contributed by atoms with Gasteiger partial charge in [-0.25, -0.2) is 5.10 Å². The van der Waals surface area contributed by atoms with E-state index in [0.29, 0.717) is 10.4 Å². The summed E-state index contributed by atoms with van der Waals surface area (Å²) in [7, 11) is 0. The van der Waals surface area contributed by atoms with Gasteiger partial charge in [0.15, 0.2) is 0 Å². The van der Waals surface area contributed by atoms with Crippen molar-refractivity contribution in [3.05, 3.63) is 38.5 Å². The lowest BCUT2D eigenvalue weighted by Gasteiger charge is -2.03. The van der Waals surface area contributed by atoms with Gasteiger partial charge in [-0.1, -0.05) is 0 Å². The molecule has 4 nitrogen and oxygen atoms in total. The van der Waals surface area contributed by atoms with Gasteiger partial charge in [-0.2, -0.15) is 10.4 Å². The predicted octanol–water partition coefficient (Wildman–Crippen LogP) is 1.99. The van der Waals surface area contributed by atoms with Crippen molar-refractivity contribution in [1.29, 1.82) is 5.26 Å². The van der Waals surface area contributed by atoms with Crippen molar-refractivity contribution in [2.75, 3.05) is 0 Å². The van der Waals surface area contributed by atoms with Crippen LogP contribution in [0.15, 0.2) is 16.9 Å². The third-order valence-corrected chi connectivity index (χ3v) is 3.47. The van der Waals surface area contributed by atoms with Crippen molar-refractivity contribution in [2.45, 2.75) is 13.8 Å². The highest BCUT2D eigenvalue weighted by molar-refractivity contribution is 7.16. The Morgan fingerprint density at radius 3 is 2.75 bits per heavy atom. The summed E-state index contributed by atoms with van der Waals surface area (Å²) >= 11 is 1.37. The normalized spacial score (nSPS) is 10.1. The fraction of sp³-hybridized carbons (Fsp3) is 0.182. The standard InChI is InChI=1S/C11H9N3OS/c1-6-7(2)11(15)14-13-10(6)9-4-3-8(5-12)16-9/h3-4H,1-2H3,(H,14,15). The molecule has 2 aromatic heterocycles. The Balaban J connectivity index is 2.62. The molecule has 0 aliphatic carbocycles. The first-order chi connectivity index (χ1) is 7.63. The molecular weight excluding hydrogens is 222 g/mol. The van der Waals surface area contributed by atoms with E-state index in [1.807, 2.05) is 13.0 Å². The van der Waals surface area contributed by atoms with Gasteiger partial charge in [0.2, 0.25) is 0 Å². The number of nitrogens with zero attached hydrogens (tertiary/aromatic N) is 2. The summed E-state index contributed by atoms with van der Waals surface area (Å²) in [5.41, 5.74) is 2.09. The van der Waals surface area contributed by atoms with Crippen LogP contribution in [-0.4, -0.2) is 10.2 Å². The lowest BCUT2D eigenvalue weighted by molar-refractivity contribution is 0.961. The monoisotopic (exact) mass is 231 g/mol. The minimum Gasteiger partial charge on any atom is -0.268 e. The summed E-state index contributed by atoms with van der Waals surface area (Å²) in [6.07, 6.45) is 0. The summed E-state index contributed by atoms with van der Waals surface area (Å²) in [6.45, 7) is 3.62. The Labute approximate surface area is 96.2 Å². The molecule has 0 fully saturated rings. The van der Waals surface area contributed by atoms with Crippen LogP contribution in [0.4, 0.5) is 0 Å². The quantitative estimate of drug-likeness (QED) is 0.815. The fourth-order valence-corrected chi connectivity index (χ4v) is 2.24. The number of hydrogen-bond acceptors (Lipinski definition) is 4. The lowest BCUT2D eigenvalue weighted by Crippen LogP contribution is -2.13. The van der Waals surface area contributed by atoms with Crippen molar-refractivity contribution in [3.63, 3.8) is 0 Å². The van der Waals surface area contributed by atoms with E-state index in [-0.39, 0.29) is 5.56 Å². The molecule has 0 aliphatic rings. The van der Waals surface area contributed by atoms with E-state index >= 15 is 0 Å². The Morgan fingerprint density at radius 1 is 1.38 bits per heavy atom. The minimum atomic E-state index is -0.168. The average molecular weight is 231 g/mol. The number of aromatic nitrogens is 2. The van der Waals surface area contributed by atoms with E-state index in [1.165, 1.54) is 11.3 Å². The van der Waals surface area contributed by atoms with Crippen molar-refractivity contribution in [2.24, 2.45) is 0 Å². The summed E-state index contributed by atoms with van der Waals surface area (Å²) in [5, 5.41) is 15.2. The van der Waals surface area contributed by atoms with Crippen molar-refractivity contribution in [3.8, 4) is 16.6 Å². The van der Waals surface area contributed by atoms with E-state index in [2.05, 4.69) is 16.3 Å². The van der Waals surface area contributed by atoms with Gasteiger partial charge in [-0.3, -0.25) is 4.79 Å². The molecule has 0 aliphatic heterocycles. The van der Waals surface area contributed by atoms with Gasteiger partial charge in [0.25, 0.3) is 5.56 Å². The van der Waals surface area contributed by atoms with Crippen molar-refractivity contribution >= 4 is 11.3 Å².